The number of halogens is 1. The second-order valence-electron chi connectivity index (χ2n) is 3.58. The van der Waals surface area contributed by atoms with Gasteiger partial charge in [0.05, 0.1) is 0 Å². The summed E-state index contributed by atoms with van der Waals surface area (Å²) >= 11 is 3.26. The first kappa shape index (κ1) is 12.9. The van der Waals surface area contributed by atoms with Crippen molar-refractivity contribution >= 4 is 31.6 Å². The highest BCUT2D eigenvalue weighted by Crippen LogP contribution is 2.24. The molecule has 4 nitrogen and oxygen atoms in total. The SMILES string of the molecule is O=S(=O)(Nc1ccc(Br)cc1)c1ccccc1O. The molecule has 2 aromatic carbocycles. The van der Waals surface area contributed by atoms with Crippen molar-refractivity contribution < 1.29 is 13.5 Å². The summed E-state index contributed by atoms with van der Waals surface area (Å²) in [7, 11) is -3.77. The van der Waals surface area contributed by atoms with Gasteiger partial charge in [-0.3, -0.25) is 4.72 Å². The first-order chi connectivity index (χ1) is 8.49. The molecule has 94 valence electrons. The van der Waals surface area contributed by atoms with Gasteiger partial charge in [0.1, 0.15) is 10.6 Å². The van der Waals surface area contributed by atoms with Gasteiger partial charge in [-0.05, 0) is 36.4 Å². The molecule has 0 unspecified atom stereocenters. The van der Waals surface area contributed by atoms with Crippen molar-refractivity contribution in [3.8, 4) is 5.75 Å². The van der Waals surface area contributed by atoms with Gasteiger partial charge in [0.25, 0.3) is 10.0 Å². The van der Waals surface area contributed by atoms with Crippen LogP contribution in [0, 0.1) is 0 Å². The van der Waals surface area contributed by atoms with Crippen LogP contribution in [-0.2, 0) is 10.0 Å². The van der Waals surface area contributed by atoms with E-state index in [0.717, 1.165) is 4.47 Å². The molecule has 0 saturated carbocycles. The molecule has 2 aromatic rings. The lowest BCUT2D eigenvalue weighted by molar-refractivity contribution is 0.459. The zero-order valence-corrected chi connectivity index (χ0v) is 11.6. The van der Waals surface area contributed by atoms with Crippen molar-refractivity contribution in [2.24, 2.45) is 0 Å². The predicted octanol–water partition coefficient (Wildman–Crippen LogP) is 2.96. The predicted molar refractivity (Wildman–Crippen MR) is 73.1 cm³/mol. The number of rotatable bonds is 3. The molecule has 0 atom stereocenters. The third-order valence-electron chi connectivity index (χ3n) is 2.25. The molecule has 0 fully saturated rings. The third kappa shape index (κ3) is 2.83. The van der Waals surface area contributed by atoms with E-state index in [4.69, 9.17) is 0 Å². The van der Waals surface area contributed by atoms with Crippen molar-refractivity contribution in [2.45, 2.75) is 4.90 Å². The molecule has 6 heteroatoms. The van der Waals surface area contributed by atoms with E-state index >= 15 is 0 Å². The fourth-order valence-corrected chi connectivity index (χ4v) is 2.83. The van der Waals surface area contributed by atoms with Gasteiger partial charge in [0, 0.05) is 10.2 Å². The summed E-state index contributed by atoms with van der Waals surface area (Å²) in [5, 5.41) is 9.54. The Labute approximate surface area is 113 Å². The molecule has 0 spiro atoms. The van der Waals surface area contributed by atoms with Crippen LogP contribution in [0.5, 0.6) is 5.75 Å². The van der Waals surface area contributed by atoms with Crippen molar-refractivity contribution in [3.63, 3.8) is 0 Å². The molecule has 0 aliphatic heterocycles. The maximum absolute atomic E-state index is 12.0. The van der Waals surface area contributed by atoms with Crippen LogP contribution in [0.15, 0.2) is 57.9 Å². The van der Waals surface area contributed by atoms with E-state index in [2.05, 4.69) is 20.7 Å². The number of hydrogen-bond donors (Lipinski definition) is 2. The first-order valence-electron chi connectivity index (χ1n) is 5.05. The minimum atomic E-state index is -3.77. The van der Waals surface area contributed by atoms with E-state index in [9.17, 15) is 13.5 Å². The summed E-state index contributed by atoms with van der Waals surface area (Å²) < 4.78 is 27.3. The van der Waals surface area contributed by atoms with Gasteiger partial charge >= 0.3 is 0 Å². The summed E-state index contributed by atoms with van der Waals surface area (Å²) in [4.78, 5) is -0.145. The Morgan fingerprint density at radius 2 is 1.61 bits per heavy atom. The van der Waals surface area contributed by atoms with Crippen LogP contribution >= 0.6 is 15.9 Å². The number of phenolic OH excluding ortho intramolecular Hbond substituents is 1. The molecule has 0 aromatic heterocycles. The number of hydrogen-bond acceptors (Lipinski definition) is 3. The van der Waals surface area contributed by atoms with E-state index < -0.39 is 10.0 Å². The number of aromatic hydroxyl groups is 1. The van der Waals surface area contributed by atoms with Gasteiger partial charge in [0.15, 0.2) is 0 Å². The molecule has 18 heavy (non-hydrogen) atoms. The van der Waals surface area contributed by atoms with Crippen molar-refractivity contribution in [1.29, 1.82) is 0 Å². The van der Waals surface area contributed by atoms with Gasteiger partial charge in [-0.25, -0.2) is 8.42 Å². The Bertz CT molecular complexity index is 653. The molecule has 0 radical (unpaired) electrons. The third-order valence-corrected chi connectivity index (χ3v) is 4.21. The van der Waals surface area contributed by atoms with E-state index in [0.29, 0.717) is 5.69 Å². The molecule has 0 aliphatic carbocycles. The summed E-state index contributed by atoms with van der Waals surface area (Å²) in [6.45, 7) is 0. The summed E-state index contributed by atoms with van der Waals surface area (Å²) in [5.41, 5.74) is 0.432. The number of nitrogens with one attached hydrogen (secondary N) is 1. The van der Waals surface area contributed by atoms with Crippen LogP contribution in [0.1, 0.15) is 0 Å². The quantitative estimate of drug-likeness (QED) is 0.910. The monoisotopic (exact) mass is 327 g/mol. The summed E-state index contributed by atoms with van der Waals surface area (Å²) in [6.07, 6.45) is 0. The Balaban J connectivity index is 2.33. The molecular weight excluding hydrogens is 318 g/mol. The Hall–Kier alpha value is -1.53. The molecule has 0 aliphatic rings. The van der Waals surface area contributed by atoms with Crippen LogP contribution in [0.3, 0.4) is 0 Å². The lowest BCUT2D eigenvalue weighted by Crippen LogP contribution is -2.12. The molecule has 0 saturated heterocycles. The second kappa shape index (κ2) is 4.99. The zero-order chi connectivity index (χ0) is 13.2. The van der Waals surface area contributed by atoms with Gasteiger partial charge in [-0.15, -0.1) is 0 Å². The largest absolute Gasteiger partial charge is 0.507 e. The van der Waals surface area contributed by atoms with Gasteiger partial charge in [-0.1, -0.05) is 28.1 Å². The van der Waals surface area contributed by atoms with Crippen LogP contribution < -0.4 is 4.72 Å². The van der Waals surface area contributed by atoms with Crippen molar-refractivity contribution in [1.82, 2.24) is 0 Å². The lowest BCUT2D eigenvalue weighted by Gasteiger charge is -2.09. The van der Waals surface area contributed by atoms with Crippen molar-refractivity contribution in [3.05, 3.63) is 53.0 Å². The van der Waals surface area contributed by atoms with E-state index in [-0.39, 0.29) is 10.6 Å². The minimum Gasteiger partial charge on any atom is -0.507 e. The normalized spacial score (nSPS) is 11.2. The maximum Gasteiger partial charge on any atom is 0.265 e. The van der Waals surface area contributed by atoms with Crippen LogP contribution in [0.2, 0.25) is 0 Å². The Morgan fingerprint density at radius 3 is 2.22 bits per heavy atom. The van der Waals surface area contributed by atoms with Crippen LogP contribution in [0.4, 0.5) is 5.69 Å². The van der Waals surface area contributed by atoms with E-state index in [1.54, 1.807) is 36.4 Å². The molecular formula is C12H10BrNO3S. The number of para-hydroxylation sites is 1. The van der Waals surface area contributed by atoms with E-state index in [1.165, 1.54) is 12.1 Å². The van der Waals surface area contributed by atoms with Gasteiger partial charge in [-0.2, -0.15) is 0 Å². The smallest absolute Gasteiger partial charge is 0.265 e. The molecule has 0 bridgehead atoms. The number of phenols is 1. The summed E-state index contributed by atoms with van der Waals surface area (Å²) in [6, 6.07) is 12.5. The van der Waals surface area contributed by atoms with Crippen LogP contribution in [-0.4, -0.2) is 13.5 Å². The average molecular weight is 328 g/mol. The average Bonchev–Trinajstić information content (AvgIpc) is 2.32. The molecule has 0 heterocycles. The topological polar surface area (TPSA) is 66.4 Å². The van der Waals surface area contributed by atoms with Crippen LogP contribution in [0.25, 0.3) is 0 Å². The Morgan fingerprint density at radius 1 is 1.00 bits per heavy atom. The van der Waals surface area contributed by atoms with E-state index in [1.807, 2.05) is 0 Å². The number of anilines is 1. The second-order valence-corrected chi connectivity index (χ2v) is 6.15. The standard InChI is InChI=1S/C12H10BrNO3S/c13-9-5-7-10(8-6-9)14-18(16,17)12-4-2-1-3-11(12)15/h1-8,14-15H. The minimum absolute atomic E-state index is 0.145. The number of benzene rings is 2. The zero-order valence-electron chi connectivity index (χ0n) is 9.17. The first-order valence-corrected chi connectivity index (χ1v) is 7.33. The maximum atomic E-state index is 12.0. The highest BCUT2D eigenvalue weighted by atomic mass is 79.9. The van der Waals surface area contributed by atoms with Gasteiger partial charge < -0.3 is 5.11 Å². The Kier molecular flexibility index (Phi) is 3.58. The van der Waals surface area contributed by atoms with Gasteiger partial charge in [0.2, 0.25) is 0 Å². The molecule has 2 rings (SSSR count). The fraction of sp³-hybridized carbons (Fsp3) is 0. The lowest BCUT2D eigenvalue weighted by atomic mass is 10.3. The molecule has 0 amide bonds. The molecule has 2 N–H and O–H groups in total. The number of sulfonamides is 1. The van der Waals surface area contributed by atoms with Crippen molar-refractivity contribution in [2.75, 3.05) is 4.72 Å². The fourth-order valence-electron chi connectivity index (χ4n) is 1.41. The summed E-state index contributed by atoms with van der Waals surface area (Å²) in [5.74, 6) is -0.276. The highest BCUT2D eigenvalue weighted by Gasteiger charge is 2.17. The highest BCUT2D eigenvalue weighted by molar-refractivity contribution is 9.10.